The van der Waals surface area contributed by atoms with Crippen molar-refractivity contribution in [1.82, 2.24) is 4.90 Å². The predicted molar refractivity (Wildman–Crippen MR) is 78.9 cm³/mol. The van der Waals surface area contributed by atoms with Gasteiger partial charge in [0.05, 0.1) is 0 Å². The van der Waals surface area contributed by atoms with E-state index < -0.39 is 12.0 Å². The smallest absolute Gasteiger partial charge is 0.327 e. The van der Waals surface area contributed by atoms with Gasteiger partial charge in [-0.05, 0) is 18.2 Å². The van der Waals surface area contributed by atoms with Crippen molar-refractivity contribution in [2.45, 2.75) is 6.04 Å². The third-order valence-corrected chi connectivity index (χ3v) is 4.48. The Balaban J connectivity index is 2.28. The van der Waals surface area contributed by atoms with Gasteiger partial charge in [0.2, 0.25) is 0 Å². The standard InChI is InChI=1S/C12H11BrClNO3S/c13-8-3-7(4-9(14)5-8)11(16)15-1-2-19-6-10(15)12(17)18/h3-5,10H,1-2,6H2,(H,17,18). The number of hydrogen-bond acceptors (Lipinski definition) is 3. The van der Waals surface area contributed by atoms with Crippen LogP contribution in [-0.2, 0) is 4.79 Å². The van der Waals surface area contributed by atoms with E-state index in [2.05, 4.69) is 15.9 Å². The second kappa shape index (κ2) is 6.15. The van der Waals surface area contributed by atoms with E-state index in [1.54, 1.807) is 30.0 Å². The van der Waals surface area contributed by atoms with E-state index in [1.165, 1.54) is 4.90 Å². The molecule has 1 unspecified atom stereocenters. The normalized spacial score (nSPS) is 19.3. The van der Waals surface area contributed by atoms with Crippen molar-refractivity contribution in [2.24, 2.45) is 0 Å². The van der Waals surface area contributed by atoms with E-state index in [1.807, 2.05) is 0 Å². The van der Waals surface area contributed by atoms with Gasteiger partial charge < -0.3 is 10.0 Å². The second-order valence-corrected chi connectivity index (χ2v) is 6.59. The molecule has 19 heavy (non-hydrogen) atoms. The Morgan fingerprint density at radius 1 is 1.42 bits per heavy atom. The largest absolute Gasteiger partial charge is 0.480 e. The number of thioether (sulfide) groups is 1. The van der Waals surface area contributed by atoms with Crippen LogP contribution in [0.4, 0.5) is 0 Å². The Hall–Kier alpha value is -0.720. The number of aliphatic carboxylic acids is 1. The molecule has 0 radical (unpaired) electrons. The number of amides is 1. The summed E-state index contributed by atoms with van der Waals surface area (Å²) < 4.78 is 0.696. The van der Waals surface area contributed by atoms with E-state index in [0.29, 0.717) is 27.4 Å². The summed E-state index contributed by atoms with van der Waals surface area (Å²) in [5.74, 6) is -0.0994. The summed E-state index contributed by atoms with van der Waals surface area (Å²) in [6, 6.07) is 4.10. The molecule has 1 aromatic rings. The Labute approximate surface area is 128 Å². The summed E-state index contributed by atoms with van der Waals surface area (Å²) in [6.45, 7) is 0.435. The molecule has 0 aromatic heterocycles. The number of hydrogen-bond donors (Lipinski definition) is 1. The number of carboxylic acid groups (broad SMARTS) is 1. The Kier molecular flexibility index (Phi) is 4.76. The number of rotatable bonds is 2. The zero-order valence-electron chi connectivity index (χ0n) is 9.81. The summed E-state index contributed by atoms with van der Waals surface area (Å²) in [6.07, 6.45) is 0. The Morgan fingerprint density at radius 3 is 2.79 bits per heavy atom. The molecule has 1 heterocycles. The first kappa shape index (κ1) is 14.7. The van der Waals surface area contributed by atoms with Crippen LogP contribution in [0.2, 0.25) is 5.02 Å². The number of carboxylic acids is 1. The Bertz CT molecular complexity index is 505. The molecule has 1 N–H and O–H groups in total. The van der Waals surface area contributed by atoms with Gasteiger partial charge in [0.15, 0.2) is 0 Å². The van der Waals surface area contributed by atoms with Crippen LogP contribution < -0.4 is 0 Å². The van der Waals surface area contributed by atoms with Crippen molar-refractivity contribution in [1.29, 1.82) is 0 Å². The fraction of sp³-hybridized carbons (Fsp3) is 0.333. The van der Waals surface area contributed by atoms with Crippen molar-refractivity contribution in [3.8, 4) is 0 Å². The maximum Gasteiger partial charge on any atom is 0.327 e. The molecule has 1 aliphatic heterocycles. The molecule has 0 spiro atoms. The molecule has 0 bridgehead atoms. The van der Waals surface area contributed by atoms with Gasteiger partial charge in [-0.2, -0.15) is 11.8 Å². The molecule has 0 aliphatic carbocycles. The molecule has 1 aromatic carbocycles. The van der Waals surface area contributed by atoms with Crippen LogP contribution >= 0.6 is 39.3 Å². The van der Waals surface area contributed by atoms with Crippen molar-refractivity contribution < 1.29 is 14.7 Å². The lowest BCUT2D eigenvalue weighted by molar-refractivity contribution is -0.141. The lowest BCUT2D eigenvalue weighted by Gasteiger charge is -2.32. The fourth-order valence-electron chi connectivity index (χ4n) is 1.89. The topological polar surface area (TPSA) is 57.6 Å². The van der Waals surface area contributed by atoms with Crippen LogP contribution in [0.5, 0.6) is 0 Å². The summed E-state index contributed by atoms with van der Waals surface area (Å²) in [4.78, 5) is 25.0. The number of halogens is 2. The van der Waals surface area contributed by atoms with Gasteiger partial charge in [-0.1, -0.05) is 27.5 Å². The quantitative estimate of drug-likeness (QED) is 0.876. The highest BCUT2D eigenvalue weighted by molar-refractivity contribution is 9.10. The first-order valence-electron chi connectivity index (χ1n) is 5.56. The Morgan fingerprint density at radius 2 is 2.16 bits per heavy atom. The van der Waals surface area contributed by atoms with Crippen molar-refractivity contribution in [3.05, 3.63) is 33.3 Å². The molecule has 1 atom stereocenters. The van der Waals surface area contributed by atoms with Crippen LogP contribution in [0.15, 0.2) is 22.7 Å². The third-order valence-electron chi connectivity index (χ3n) is 2.78. The average Bonchev–Trinajstić information content (AvgIpc) is 2.36. The average molecular weight is 365 g/mol. The number of benzene rings is 1. The highest BCUT2D eigenvalue weighted by atomic mass is 79.9. The zero-order chi connectivity index (χ0) is 14.0. The second-order valence-electron chi connectivity index (χ2n) is 4.09. The first-order chi connectivity index (χ1) is 8.99. The molecule has 1 aliphatic rings. The number of carbonyl (C=O) groups excluding carboxylic acids is 1. The monoisotopic (exact) mass is 363 g/mol. The van der Waals surface area contributed by atoms with E-state index >= 15 is 0 Å². The highest BCUT2D eigenvalue weighted by Crippen LogP contribution is 2.24. The maximum absolute atomic E-state index is 12.4. The molecule has 1 fully saturated rings. The van der Waals surface area contributed by atoms with Crippen molar-refractivity contribution in [3.63, 3.8) is 0 Å². The van der Waals surface area contributed by atoms with E-state index in [-0.39, 0.29) is 5.91 Å². The maximum atomic E-state index is 12.4. The molecular formula is C12H11BrClNO3S. The van der Waals surface area contributed by atoms with Gasteiger partial charge >= 0.3 is 5.97 Å². The molecule has 1 amide bonds. The lowest BCUT2D eigenvalue weighted by Crippen LogP contribution is -2.50. The molecule has 4 nitrogen and oxygen atoms in total. The first-order valence-corrected chi connectivity index (χ1v) is 7.89. The van der Waals surface area contributed by atoms with Gasteiger partial charge in [0.25, 0.3) is 5.91 Å². The SMILES string of the molecule is O=C(O)C1CSCCN1C(=O)c1cc(Cl)cc(Br)c1. The minimum atomic E-state index is -0.971. The summed E-state index contributed by atoms with van der Waals surface area (Å²) in [5, 5.41) is 9.61. The van der Waals surface area contributed by atoms with Crippen LogP contribution in [0, 0.1) is 0 Å². The van der Waals surface area contributed by atoms with Gasteiger partial charge in [-0.15, -0.1) is 0 Å². The summed E-state index contributed by atoms with van der Waals surface area (Å²) >= 11 is 10.7. The highest BCUT2D eigenvalue weighted by Gasteiger charge is 2.32. The van der Waals surface area contributed by atoms with Gasteiger partial charge in [0, 0.05) is 33.1 Å². The van der Waals surface area contributed by atoms with E-state index in [0.717, 1.165) is 5.75 Å². The number of nitrogens with zero attached hydrogens (tertiary/aromatic N) is 1. The van der Waals surface area contributed by atoms with Crippen LogP contribution in [-0.4, -0.2) is 46.0 Å². The van der Waals surface area contributed by atoms with Crippen molar-refractivity contribution >= 4 is 51.2 Å². The molecule has 0 saturated carbocycles. The fourth-order valence-corrected chi connectivity index (χ4v) is 3.79. The van der Waals surface area contributed by atoms with Gasteiger partial charge in [-0.25, -0.2) is 4.79 Å². The molecule has 2 rings (SSSR count). The zero-order valence-corrected chi connectivity index (χ0v) is 13.0. The van der Waals surface area contributed by atoms with Crippen LogP contribution in [0.3, 0.4) is 0 Å². The minimum Gasteiger partial charge on any atom is -0.480 e. The van der Waals surface area contributed by atoms with E-state index in [4.69, 9.17) is 11.6 Å². The predicted octanol–water partition coefficient (Wildman–Crippen LogP) is 2.74. The van der Waals surface area contributed by atoms with Crippen molar-refractivity contribution in [2.75, 3.05) is 18.1 Å². The molecule has 1 saturated heterocycles. The minimum absolute atomic E-state index is 0.295. The van der Waals surface area contributed by atoms with Crippen LogP contribution in [0.25, 0.3) is 0 Å². The molecular weight excluding hydrogens is 354 g/mol. The lowest BCUT2D eigenvalue weighted by atomic mass is 10.1. The van der Waals surface area contributed by atoms with E-state index in [9.17, 15) is 14.7 Å². The van der Waals surface area contributed by atoms with Crippen LogP contribution in [0.1, 0.15) is 10.4 Å². The number of carbonyl (C=O) groups is 2. The van der Waals surface area contributed by atoms with Gasteiger partial charge in [0.1, 0.15) is 6.04 Å². The summed E-state index contributed by atoms with van der Waals surface area (Å²) in [7, 11) is 0. The molecule has 7 heteroatoms. The van der Waals surface area contributed by atoms with Gasteiger partial charge in [-0.3, -0.25) is 4.79 Å². The molecule has 102 valence electrons. The summed E-state index contributed by atoms with van der Waals surface area (Å²) in [5.41, 5.74) is 0.400. The third kappa shape index (κ3) is 3.43.